The molecule has 4 heterocycles. The Morgan fingerprint density at radius 1 is 0.593 bits per heavy atom. The molecule has 5 fully saturated rings. The summed E-state index contributed by atoms with van der Waals surface area (Å²) < 4.78 is 60.0. The number of rotatable bonds is 25. The van der Waals surface area contributed by atoms with E-state index in [4.69, 9.17) is 53.1 Å². The summed E-state index contributed by atoms with van der Waals surface area (Å²) in [5.74, 6) is -1.61. The third kappa shape index (κ3) is 16.3. The molecule has 446 valence electrons. The maximum atomic E-state index is 13.6. The van der Waals surface area contributed by atoms with E-state index in [9.17, 15) is 54.9 Å². The Morgan fingerprint density at radius 3 is 1.70 bits per heavy atom. The third-order valence-electron chi connectivity index (χ3n) is 14.6. The zero-order valence-electron chi connectivity index (χ0n) is 44.4. The van der Waals surface area contributed by atoms with Crippen molar-refractivity contribution >= 4 is 24.2 Å². The highest BCUT2D eigenvalue weighted by Crippen LogP contribution is 2.41. The number of nitrogens with two attached hydrogens (primary N) is 1. The van der Waals surface area contributed by atoms with Crippen molar-refractivity contribution in [2.24, 2.45) is 11.7 Å². The van der Waals surface area contributed by atoms with Crippen molar-refractivity contribution in [1.29, 1.82) is 0 Å². The van der Waals surface area contributed by atoms with Gasteiger partial charge in [0.15, 0.2) is 18.9 Å². The van der Waals surface area contributed by atoms with Crippen molar-refractivity contribution in [2.75, 3.05) is 39.4 Å². The summed E-state index contributed by atoms with van der Waals surface area (Å²) in [6.07, 6.45) is -25.2. The number of nitrogens with one attached hydrogen (secondary N) is 5. The molecular weight excluding hydrogens is 1070 g/mol. The number of carbonyl (C=O) groups excluding carboxylic acids is 4. The molecule has 4 amide bonds. The quantitative estimate of drug-likeness (QED) is 0.0244. The Kier molecular flexibility index (Phi) is 22.4. The van der Waals surface area contributed by atoms with Crippen molar-refractivity contribution in [1.82, 2.24) is 26.6 Å². The van der Waals surface area contributed by atoms with Crippen LogP contribution in [0, 0.1) is 5.92 Å². The van der Waals surface area contributed by atoms with Crippen LogP contribution < -0.4 is 32.3 Å². The summed E-state index contributed by atoms with van der Waals surface area (Å²) in [6.45, 7) is 0.434. The first kappa shape index (κ1) is 61.4. The standard InChI is InChI=1S/C54H74N6O21/c1-28-21-32(58-48(68)33(63)17-18-57-52(69)72-25-29-11-5-2-6-12-29)39(64)47(43(28)79-50-38(46-45(78-46)35(76-50)23-56-19-20-61)60-54(71)74-27-31-15-9-4-10-16-31)81-51-42(67)44(36(24-62)77-51)80-49-37(41(66)40(65)34(22-55)75-49)59-53(70)73-26-30-13-7-3-8-14-30/h2-16,28,32-47,49-51,56,61-67H,17-27,55H2,1H3,(H,57,69)(H,58,68)(H,59,70)(H,60,71). The van der Waals surface area contributed by atoms with E-state index < -0.39 is 153 Å². The van der Waals surface area contributed by atoms with Crippen LogP contribution in [0.5, 0.6) is 0 Å². The second kappa shape index (κ2) is 29.5. The lowest BCUT2D eigenvalue weighted by molar-refractivity contribution is -0.294. The van der Waals surface area contributed by atoms with Gasteiger partial charge < -0.3 is 115 Å². The molecule has 4 aliphatic heterocycles. The molecule has 27 nitrogen and oxygen atoms in total. The van der Waals surface area contributed by atoms with Gasteiger partial charge in [-0.1, -0.05) is 97.9 Å². The summed E-state index contributed by atoms with van der Waals surface area (Å²) in [7, 11) is 0. The molecule has 0 bridgehead atoms. The highest BCUT2D eigenvalue weighted by atomic mass is 16.8. The molecule has 20 unspecified atom stereocenters. The number of alkyl carbamates (subject to hydrolysis) is 3. The largest absolute Gasteiger partial charge is 0.445 e. The fourth-order valence-corrected chi connectivity index (χ4v) is 10.2. The number of carbonyl (C=O) groups is 4. The zero-order chi connectivity index (χ0) is 57.6. The highest BCUT2D eigenvalue weighted by molar-refractivity contribution is 5.81. The van der Waals surface area contributed by atoms with Crippen LogP contribution in [0.25, 0.3) is 0 Å². The molecule has 3 aromatic rings. The first-order valence-electron chi connectivity index (χ1n) is 27.0. The Balaban J connectivity index is 0.999. The summed E-state index contributed by atoms with van der Waals surface area (Å²) in [6, 6.07) is 22.9. The lowest BCUT2D eigenvalue weighted by Gasteiger charge is -2.47. The predicted molar refractivity (Wildman–Crippen MR) is 277 cm³/mol. The Bertz CT molecular complexity index is 2450. The number of epoxide rings is 1. The number of hydrogen-bond acceptors (Lipinski definition) is 23. The molecule has 5 aliphatic rings. The molecule has 4 saturated heterocycles. The van der Waals surface area contributed by atoms with E-state index in [-0.39, 0.29) is 65.4 Å². The average Bonchev–Trinajstić information content (AvgIpc) is 3.70. The molecule has 81 heavy (non-hydrogen) atoms. The number of benzene rings is 3. The average molecular weight is 1140 g/mol. The van der Waals surface area contributed by atoms with Gasteiger partial charge in [0.05, 0.1) is 25.4 Å². The molecule has 27 heteroatoms. The van der Waals surface area contributed by atoms with Gasteiger partial charge in [0.1, 0.15) is 105 Å². The van der Waals surface area contributed by atoms with Crippen LogP contribution in [0.4, 0.5) is 14.4 Å². The minimum Gasteiger partial charge on any atom is -0.445 e. The lowest BCUT2D eigenvalue weighted by atomic mass is 9.79. The van der Waals surface area contributed by atoms with Crippen molar-refractivity contribution in [3.8, 4) is 0 Å². The molecule has 3 aromatic carbocycles. The molecule has 1 saturated carbocycles. The molecule has 0 aromatic heterocycles. The van der Waals surface area contributed by atoms with Crippen LogP contribution in [-0.2, 0) is 72.0 Å². The summed E-state index contributed by atoms with van der Waals surface area (Å²) in [5.41, 5.74) is 7.99. The van der Waals surface area contributed by atoms with Crippen molar-refractivity contribution in [3.63, 3.8) is 0 Å². The fourth-order valence-electron chi connectivity index (χ4n) is 10.2. The van der Waals surface area contributed by atoms with Gasteiger partial charge in [-0.15, -0.1) is 0 Å². The second-order valence-electron chi connectivity index (χ2n) is 20.4. The SMILES string of the molecule is CC1CC(NC(=O)C(O)CCNC(=O)OCc2ccccc2)C(O)C(OC2OC(CO)C(OC3OC(CN)C(O)C(O)C3NC(=O)OCc3ccccc3)C2O)C1OC1OC(CNCCO)C2OC2C1NC(=O)OCc1ccccc1. The molecule has 1 aliphatic carbocycles. The molecule has 0 spiro atoms. The highest BCUT2D eigenvalue weighted by Gasteiger charge is 2.61. The van der Waals surface area contributed by atoms with Crippen molar-refractivity contribution in [3.05, 3.63) is 108 Å². The van der Waals surface area contributed by atoms with Gasteiger partial charge in [0, 0.05) is 26.2 Å². The van der Waals surface area contributed by atoms with Gasteiger partial charge >= 0.3 is 18.3 Å². The summed E-state index contributed by atoms with van der Waals surface area (Å²) in [4.78, 5) is 52.6. The van der Waals surface area contributed by atoms with Crippen LogP contribution in [0.3, 0.4) is 0 Å². The van der Waals surface area contributed by atoms with E-state index in [1.165, 1.54) is 0 Å². The van der Waals surface area contributed by atoms with Crippen LogP contribution in [0.1, 0.15) is 36.5 Å². The number of amides is 4. The maximum absolute atomic E-state index is 13.6. The van der Waals surface area contributed by atoms with Crippen molar-refractivity contribution in [2.45, 2.75) is 156 Å². The zero-order valence-corrected chi connectivity index (χ0v) is 44.4. The predicted octanol–water partition coefficient (Wildman–Crippen LogP) is -2.15. The van der Waals surface area contributed by atoms with E-state index in [2.05, 4.69) is 26.6 Å². The van der Waals surface area contributed by atoms with E-state index in [0.717, 1.165) is 11.1 Å². The molecule has 0 radical (unpaired) electrons. The Hall–Kier alpha value is -5.70. The Labute approximate surface area is 466 Å². The van der Waals surface area contributed by atoms with E-state index >= 15 is 0 Å². The minimum absolute atomic E-state index is 0.00749. The van der Waals surface area contributed by atoms with Crippen LogP contribution in [0.15, 0.2) is 91.0 Å². The topological polar surface area (TPSA) is 392 Å². The molecular formula is C54H74N6O21. The van der Waals surface area contributed by atoms with Gasteiger partial charge in [-0.05, 0) is 35.4 Å². The fraction of sp³-hybridized carbons (Fsp3) is 0.593. The van der Waals surface area contributed by atoms with E-state index in [1.807, 2.05) is 12.1 Å². The van der Waals surface area contributed by atoms with Gasteiger partial charge in [-0.3, -0.25) is 4.79 Å². The number of hydrogen-bond donors (Lipinski definition) is 13. The smallest absolute Gasteiger partial charge is 0.407 e. The van der Waals surface area contributed by atoms with Crippen molar-refractivity contribution < 1.29 is 102 Å². The van der Waals surface area contributed by atoms with Crippen LogP contribution >= 0.6 is 0 Å². The van der Waals surface area contributed by atoms with E-state index in [0.29, 0.717) is 5.56 Å². The molecule has 8 rings (SSSR count). The Morgan fingerprint density at radius 2 is 1.12 bits per heavy atom. The monoisotopic (exact) mass is 1140 g/mol. The van der Waals surface area contributed by atoms with E-state index in [1.54, 1.807) is 85.8 Å². The third-order valence-corrected chi connectivity index (χ3v) is 14.6. The molecule has 14 N–H and O–H groups in total. The van der Waals surface area contributed by atoms with Crippen LogP contribution in [-0.4, -0.2) is 216 Å². The van der Waals surface area contributed by atoms with Gasteiger partial charge in [-0.2, -0.15) is 0 Å². The van der Waals surface area contributed by atoms with Gasteiger partial charge in [0.25, 0.3) is 0 Å². The van der Waals surface area contributed by atoms with Gasteiger partial charge in [0.2, 0.25) is 5.91 Å². The first-order valence-corrected chi connectivity index (χ1v) is 27.0. The number of fused-ring (bicyclic) bond motifs is 1. The number of aliphatic hydroxyl groups excluding tert-OH is 7. The second-order valence-corrected chi connectivity index (χ2v) is 20.4. The first-order chi connectivity index (χ1) is 39.1. The summed E-state index contributed by atoms with van der Waals surface area (Å²) in [5, 5.41) is 91.2. The summed E-state index contributed by atoms with van der Waals surface area (Å²) >= 11 is 0. The van der Waals surface area contributed by atoms with Crippen LogP contribution in [0.2, 0.25) is 0 Å². The minimum atomic E-state index is -1.86. The molecule has 20 atom stereocenters. The lowest BCUT2D eigenvalue weighted by Crippen LogP contribution is -2.66. The normalized spacial score (nSPS) is 33.7. The van der Waals surface area contributed by atoms with Gasteiger partial charge in [-0.25, -0.2) is 14.4 Å². The number of ether oxygens (including phenoxy) is 10. The maximum Gasteiger partial charge on any atom is 0.407 e. The number of aliphatic hydroxyl groups is 7.